The Morgan fingerprint density at radius 3 is 2.15 bits per heavy atom. The Morgan fingerprint density at radius 2 is 1.77 bits per heavy atom. The molecule has 1 rings (SSSR count). The summed E-state index contributed by atoms with van der Waals surface area (Å²) in [7, 11) is 0. The number of benzene rings is 1. The molecule has 2 atom stereocenters. The molecule has 0 aliphatic carbocycles. The predicted octanol–water partition coefficient (Wildman–Crippen LogP) is 2.25. The molecule has 4 heteroatoms. The van der Waals surface area contributed by atoms with Crippen molar-refractivity contribution in [3.63, 3.8) is 0 Å². The molecular formula is C9H13BrClNO. The van der Waals surface area contributed by atoms with Crippen molar-refractivity contribution in [3.8, 4) is 0 Å². The first kappa shape index (κ1) is 12.9. The van der Waals surface area contributed by atoms with E-state index in [1.54, 1.807) is 6.92 Å². The predicted molar refractivity (Wildman–Crippen MR) is 60.0 cm³/mol. The van der Waals surface area contributed by atoms with E-state index in [9.17, 15) is 5.11 Å². The van der Waals surface area contributed by atoms with Gasteiger partial charge >= 0.3 is 0 Å². The lowest BCUT2D eigenvalue weighted by Gasteiger charge is -2.14. The van der Waals surface area contributed by atoms with Crippen LogP contribution >= 0.6 is 28.3 Å². The monoisotopic (exact) mass is 265 g/mol. The van der Waals surface area contributed by atoms with Crippen molar-refractivity contribution in [1.82, 2.24) is 0 Å². The van der Waals surface area contributed by atoms with Crippen molar-refractivity contribution in [2.45, 2.75) is 19.1 Å². The summed E-state index contributed by atoms with van der Waals surface area (Å²) in [6.45, 7) is 1.69. The van der Waals surface area contributed by atoms with Crippen molar-refractivity contribution in [3.05, 3.63) is 34.3 Å². The molecule has 0 saturated carbocycles. The highest BCUT2D eigenvalue weighted by Gasteiger charge is 2.10. The van der Waals surface area contributed by atoms with Gasteiger partial charge in [0.05, 0.1) is 12.1 Å². The first-order valence-corrected chi connectivity index (χ1v) is 4.59. The zero-order valence-corrected chi connectivity index (χ0v) is 9.68. The number of hydrogen-bond donors (Lipinski definition) is 2. The Labute approximate surface area is 92.7 Å². The van der Waals surface area contributed by atoms with E-state index in [1.165, 1.54) is 0 Å². The minimum absolute atomic E-state index is 0. The van der Waals surface area contributed by atoms with Gasteiger partial charge < -0.3 is 10.8 Å². The topological polar surface area (TPSA) is 46.2 Å². The summed E-state index contributed by atoms with van der Waals surface area (Å²) < 4.78 is 1.02. The van der Waals surface area contributed by atoms with Crippen molar-refractivity contribution >= 4 is 28.3 Å². The normalized spacial score (nSPS) is 14.5. The van der Waals surface area contributed by atoms with Crippen LogP contribution in [0.1, 0.15) is 18.5 Å². The minimum atomic E-state index is -0.508. The summed E-state index contributed by atoms with van der Waals surface area (Å²) in [4.78, 5) is 0. The molecule has 1 aromatic rings. The Balaban J connectivity index is 0.00000144. The zero-order valence-electron chi connectivity index (χ0n) is 7.27. The van der Waals surface area contributed by atoms with E-state index in [4.69, 9.17) is 5.73 Å². The smallest absolute Gasteiger partial charge is 0.0704 e. The molecule has 0 spiro atoms. The van der Waals surface area contributed by atoms with Crippen molar-refractivity contribution < 1.29 is 5.11 Å². The molecule has 3 N–H and O–H groups in total. The number of aliphatic hydroxyl groups is 1. The van der Waals surface area contributed by atoms with Gasteiger partial charge in [0.2, 0.25) is 0 Å². The quantitative estimate of drug-likeness (QED) is 0.862. The van der Waals surface area contributed by atoms with Gasteiger partial charge in [-0.05, 0) is 24.6 Å². The van der Waals surface area contributed by atoms with Gasteiger partial charge in [0, 0.05) is 4.47 Å². The molecule has 0 radical (unpaired) electrons. The van der Waals surface area contributed by atoms with Crippen LogP contribution in [0.2, 0.25) is 0 Å². The average Bonchev–Trinajstić information content (AvgIpc) is 2.04. The second kappa shape index (κ2) is 5.60. The summed E-state index contributed by atoms with van der Waals surface area (Å²) in [5.74, 6) is 0. The first-order valence-electron chi connectivity index (χ1n) is 3.80. The molecule has 0 saturated heterocycles. The van der Waals surface area contributed by atoms with Crippen LogP contribution < -0.4 is 5.73 Å². The maximum atomic E-state index is 9.21. The summed E-state index contributed by atoms with van der Waals surface area (Å²) in [5.41, 5.74) is 6.67. The van der Waals surface area contributed by atoms with Crippen molar-refractivity contribution in [1.29, 1.82) is 0 Å². The molecule has 0 aliphatic rings. The lowest BCUT2D eigenvalue weighted by atomic mass is 10.0. The molecule has 13 heavy (non-hydrogen) atoms. The molecule has 74 valence electrons. The van der Waals surface area contributed by atoms with Crippen LogP contribution in [0.25, 0.3) is 0 Å². The molecule has 0 fully saturated rings. The largest absolute Gasteiger partial charge is 0.391 e. The van der Waals surface area contributed by atoms with Crippen LogP contribution in [0.3, 0.4) is 0 Å². The van der Waals surface area contributed by atoms with Gasteiger partial charge in [-0.15, -0.1) is 12.4 Å². The molecule has 0 aromatic heterocycles. The maximum Gasteiger partial charge on any atom is 0.0704 e. The van der Waals surface area contributed by atoms with E-state index in [1.807, 2.05) is 24.3 Å². The lowest BCUT2D eigenvalue weighted by Crippen LogP contribution is -2.22. The van der Waals surface area contributed by atoms with Gasteiger partial charge in [-0.3, -0.25) is 0 Å². The second-order valence-corrected chi connectivity index (χ2v) is 3.73. The van der Waals surface area contributed by atoms with Crippen LogP contribution in [-0.4, -0.2) is 11.2 Å². The van der Waals surface area contributed by atoms with Crippen LogP contribution in [0.4, 0.5) is 0 Å². The summed E-state index contributed by atoms with van der Waals surface area (Å²) in [5, 5.41) is 9.21. The average molecular weight is 267 g/mol. The SMILES string of the molecule is C[C@H](O)[C@H](N)c1ccc(Br)cc1.Cl. The van der Waals surface area contributed by atoms with Gasteiger partial charge in [0.1, 0.15) is 0 Å². The third-order valence-electron chi connectivity index (χ3n) is 1.77. The fourth-order valence-electron chi connectivity index (χ4n) is 0.964. The molecule has 0 amide bonds. The lowest BCUT2D eigenvalue weighted by molar-refractivity contribution is 0.164. The van der Waals surface area contributed by atoms with Crippen molar-refractivity contribution in [2.75, 3.05) is 0 Å². The van der Waals surface area contributed by atoms with Crippen LogP contribution in [-0.2, 0) is 0 Å². The molecular weight excluding hydrogens is 253 g/mol. The summed E-state index contributed by atoms with van der Waals surface area (Å²) in [6, 6.07) is 7.34. The third kappa shape index (κ3) is 3.65. The fraction of sp³-hybridized carbons (Fsp3) is 0.333. The van der Waals surface area contributed by atoms with E-state index < -0.39 is 6.10 Å². The molecule has 2 nitrogen and oxygen atoms in total. The Hall–Kier alpha value is -0.0900. The van der Waals surface area contributed by atoms with E-state index in [2.05, 4.69) is 15.9 Å². The highest BCUT2D eigenvalue weighted by Crippen LogP contribution is 2.17. The molecule has 0 aliphatic heterocycles. The second-order valence-electron chi connectivity index (χ2n) is 2.82. The standard InChI is InChI=1S/C9H12BrNO.ClH/c1-6(12)9(11)7-2-4-8(10)5-3-7;/h2-6,9,12H,11H2,1H3;1H/t6-,9-;/m0./s1. The number of aliphatic hydroxyl groups excluding tert-OH is 1. The zero-order chi connectivity index (χ0) is 9.14. The third-order valence-corrected chi connectivity index (χ3v) is 2.30. The highest BCUT2D eigenvalue weighted by molar-refractivity contribution is 9.10. The maximum absolute atomic E-state index is 9.21. The number of rotatable bonds is 2. The number of hydrogen-bond acceptors (Lipinski definition) is 2. The van der Waals surface area contributed by atoms with Gasteiger partial charge in [0.25, 0.3) is 0 Å². The summed E-state index contributed by atoms with van der Waals surface area (Å²) >= 11 is 3.33. The summed E-state index contributed by atoms with van der Waals surface area (Å²) in [6.07, 6.45) is -0.508. The van der Waals surface area contributed by atoms with Crippen LogP contribution in [0.5, 0.6) is 0 Å². The Bertz CT molecular complexity index is 250. The number of halogens is 2. The van der Waals surface area contributed by atoms with E-state index in [-0.39, 0.29) is 18.4 Å². The first-order chi connectivity index (χ1) is 5.61. The van der Waals surface area contributed by atoms with Gasteiger partial charge in [-0.1, -0.05) is 28.1 Å². The van der Waals surface area contributed by atoms with Gasteiger partial charge in [-0.2, -0.15) is 0 Å². The molecule has 0 heterocycles. The van der Waals surface area contributed by atoms with Crippen LogP contribution in [0.15, 0.2) is 28.7 Å². The van der Waals surface area contributed by atoms with E-state index in [0.29, 0.717) is 0 Å². The molecule has 0 unspecified atom stereocenters. The van der Waals surface area contributed by atoms with Gasteiger partial charge in [-0.25, -0.2) is 0 Å². The van der Waals surface area contributed by atoms with Crippen LogP contribution in [0, 0.1) is 0 Å². The molecule has 0 bridgehead atoms. The Kier molecular flexibility index (Phi) is 5.56. The number of nitrogens with two attached hydrogens (primary N) is 1. The van der Waals surface area contributed by atoms with E-state index in [0.717, 1.165) is 10.0 Å². The van der Waals surface area contributed by atoms with Gasteiger partial charge in [0.15, 0.2) is 0 Å². The van der Waals surface area contributed by atoms with E-state index >= 15 is 0 Å². The fourth-order valence-corrected chi connectivity index (χ4v) is 1.23. The Morgan fingerprint density at radius 1 is 1.31 bits per heavy atom. The minimum Gasteiger partial charge on any atom is -0.391 e. The molecule has 1 aromatic carbocycles. The highest BCUT2D eigenvalue weighted by atomic mass is 79.9. The van der Waals surface area contributed by atoms with Crippen molar-refractivity contribution in [2.24, 2.45) is 5.73 Å².